The monoisotopic (exact) mass is 363 g/mol. The van der Waals surface area contributed by atoms with Crippen LogP contribution in [-0.2, 0) is 4.79 Å². The van der Waals surface area contributed by atoms with Crippen LogP contribution < -0.4 is 0 Å². The van der Waals surface area contributed by atoms with Crippen LogP contribution in [0, 0.1) is 20.8 Å². The van der Waals surface area contributed by atoms with Crippen molar-refractivity contribution >= 4 is 39.2 Å². The van der Waals surface area contributed by atoms with Gasteiger partial charge in [-0.25, -0.2) is 9.97 Å². The first-order chi connectivity index (χ1) is 11.5. The average molecular weight is 364 g/mol. The molecule has 1 saturated heterocycles. The summed E-state index contributed by atoms with van der Waals surface area (Å²) < 4.78 is 0. The molecule has 2 aromatic heterocycles. The highest BCUT2D eigenvalue weighted by Gasteiger charge is 2.25. The van der Waals surface area contributed by atoms with Crippen molar-refractivity contribution < 1.29 is 4.79 Å². The normalized spacial score (nSPS) is 18.3. The molecule has 130 valence electrons. The molecule has 3 rings (SSSR count). The molecule has 4 nitrogen and oxygen atoms in total. The molecule has 24 heavy (non-hydrogen) atoms. The van der Waals surface area contributed by atoms with E-state index in [1.807, 2.05) is 6.92 Å². The summed E-state index contributed by atoms with van der Waals surface area (Å²) in [6.07, 6.45) is 4.57. The number of carbonyl (C=O) groups is 1. The van der Waals surface area contributed by atoms with E-state index in [0.29, 0.717) is 11.8 Å². The number of aryl methyl sites for hydroxylation is 3. The number of hydrogen-bond donors (Lipinski definition) is 0. The molecule has 0 radical (unpaired) electrons. The fourth-order valence-corrected chi connectivity index (χ4v) is 5.54. The molecule has 2 aromatic rings. The van der Waals surface area contributed by atoms with E-state index in [9.17, 15) is 4.79 Å². The van der Waals surface area contributed by atoms with Gasteiger partial charge in [-0.2, -0.15) is 0 Å². The molecule has 0 aliphatic carbocycles. The predicted octanol–water partition coefficient (Wildman–Crippen LogP) is 4.50. The fraction of sp³-hybridized carbons (Fsp3) is 0.611. The lowest BCUT2D eigenvalue weighted by Crippen LogP contribution is -2.44. The van der Waals surface area contributed by atoms with Crippen LogP contribution in [-0.4, -0.2) is 39.1 Å². The summed E-state index contributed by atoms with van der Waals surface area (Å²) in [5, 5.41) is 2.09. The molecule has 0 spiro atoms. The van der Waals surface area contributed by atoms with E-state index < -0.39 is 0 Å². The lowest BCUT2D eigenvalue weighted by Gasteiger charge is -2.35. The maximum atomic E-state index is 12.7. The smallest absolute Gasteiger partial charge is 0.233 e. The van der Waals surface area contributed by atoms with Crippen molar-refractivity contribution in [2.75, 3.05) is 12.3 Å². The Balaban J connectivity index is 1.79. The van der Waals surface area contributed by atoms with Gasteiger partial charge in [-0.3, -0.25) is 4.79 Å². The zero-order chi connectivity index (χ0) is 17.3. The lowest BCUT2D eigenvalue weighted by atomic mass is 10.0. The van der Waals surface area contributed by atoms with E-state index in [4.69, 9.17) is 0 Å². The van der Waals surface area contributed by atoms with Gasteiger partial charge >= 0.3 is 0 Å². The summed E-state index contributed by atoms with van der Waals surface area (Å²) in [5.41, 5.74) is 1.24. The van der Waals surface area contributed by atoms with E-state index in [2.05, 4.69) is 35.6 Å². The molecular formula is C18H25N3OS2. The summed E-state index contributed by atoms with van der Waals surface area (Å²) >= 11 is 3.28. The summed E-state index contributed by atoms with van der Waals surface area (Å²) in [5.74, 6) is 1.50. The maximum Gasteiger partial charge on any atom is 0.233 e. The second-order valence-corrected chi connectivity index (χ2v) is 8.64. The third-order valence-corrected chi connectivity index (χ3v) is 6.92. The highest BCUT2D eigenvalue weighted by atomic mass is 32.2. The minimum atomic E-state index is 0.251. The molecule has 0 saturated carbocycles. The number of thiophene rings is 1. The quantitative estimate of drug-likeness (QED) is 0.593. The first-order valence-corrected chi connectivity index (χ1v) is 10.5. The molecule has 0 bridgehead atoms. The lowest BCUT2D eigenvalue weighted by molar-refractivity contribution is -0.132. The van der Waals surface area contributed by atoms with Crippen molar-refractivity contribution in [3.8, 4) is 0 Å². The molecule has 1 amide bonds. The maximum absolute atomic E-state index is 12.7. The van der Waals surface area contributed by atoms with Gasteiger partial charge in [0, 0.05) is 22.8 Å². The SMILES string of the molecule is CC[C@@H]1CCCCN1C(=O)CSc1nc(C)nc2sc(C)c(C)c12. The van der Waals surface area contributed by atoms with E-state index in [-0.39, 0.29) is 5.91 Å². The van der Waals surface area contributed by atoms with Crippen LogP contribution in [0.2, 0.25) is 0 Å². The van der Waals surface area contributed by atoms with Gasteiger partial charge < -0.3 is 4.90 Å². The third-order valence-electron chi connectivity index (χ3n) is 4.86. The summed E-state index contributed by atoms with van der Waals surface area (Å²) in [4.78, 5) is 26.3. The van der Waals surface area contributed by atoms with Crippen LogP contribution in [0.4, 0.5) is 0 Å². The highest BCUT2D eigenvalue weighted by Crippen LogP contribution is 2.35. The number of thioether (sulfide) groups is 1. The van der Waals surface area contributed by atoms with Crippen LogP contribution in [0.25, 0.3) is 10.2 Å². The van der Waals surface area contributed by atoms with E-state index in [1.54, 1.807) is 23.1 Å². The van der Waals surface area contributed by atoms with Crippen molar-refractivity contribution in [1.82, 2.24) is 14.9 Å². The Bertz CT molecular complexity index is 756. The van der Waals surface area contributed by atoms with Crippen molar-refractivity contribution in [2.24, 2.45) is 0 Å². The highest BCUT2D eigenvalue weighted by molar-refractivity contribution is 8.00. The van der Waals surface area contributed by atoms with Crippen LogP contribution in [0.5, 0.6) is 0 Å². The Labute approximate surface area is 152 Å². The molecule has 1 atom stereocenters. The number of likely N-dealkylation sites (tertiary alicyclic amines) is 1. The number of aromatic nitrogens is 2. The summed E-state index contributed by atoms with van der Waals surface area (Å²) in [6, 6.07) is 0.420. The number of rotatable bonds is 4. The van der Waals surface area contributed by atoms with Gasteiger partial charge in [-0.1, -0.05) is 18.7 Å². The minimum absolute atomic E-state index is 0.251. The molecular weight excluding hydrogens is 338 g/mol. The van der Waals surface area contributed by atoms with Gasteiger partial charge in [-0.15, -0.1) is 11.3 Å². The van der Waals surface area contributed by atoms with Gasteiger partial charge in [0.15, 0.2) is 0 Å². The number of hydrogen-bond acceptors (Lipinski definition) is 5. The molecule has 1 fully saturated rings. The number of carbonyl (C=O) groups excluding carboxylic acids is 1. The number of nitrogens with zero attached hydrogens (tertiary/aromatic N) is 3. The molecule has 1 aliphatic heterocycles. The Morgan fingerprint density at radius 3 is 2.83 bits per heavy atom. The molecule has 6 heteroatoms. The summed E-state index contributed by atoms with van der Waals surface area (Å²) in [6.45, 7) is 9.26. The largest absolute Gasteiger partial charge is 0.339 e. The average Bonchev–Trinajstić information content (AvgIpc) is 2.86. The molecule has 0 unspecified atom stereocenters. The van der Waals surface area contributed by atoms with E-state index >= 15 is 0 Å². The Hall–Kier alpha value is -1.14. The van der Waals surface area contributed by atoms with Crippen molar-refractivity contribution in [1.29, 1.82) is 0 Å². The number of piperidine rings is 1. The van der Waals surface area contributed by atoms with Crippen LogP contribution in [0.1, 0.15) is 48.9 Å². The summed E-state index contributed by atoms with van der Waals surface area (Å²) in [7, 11) is 0. The standard InChI is InChI=1S/C18H25N3OS2/c1-5-14-8-6-7-9-21(14)15(22)10-23-17-16-11(2)12(3)24-18(16)20-13(4)19-17/h14H,5-10H2,1-4H3/t14-/m1/s1. The van der Waals surface area contributed by atoms with E-state index in [0.717, 1.165) is 46.9 Å². The Kier molecular flexibility index (Phi) is 5.45. The Morgan fingerprint density at radius 1 is 1.29 bits per heavy atom. The fourth-order valence-electron chi connectivity index (χ4n) is 3.39. The van der Waals surface area contributed by atoms with Crippen LogP contribution in [0.15, 0.2) is 5.03 Å². The van der Waals surface area contributed by atoms with Crippen LogP contribution in [0.3, 0.4) is 0 Å². The first-order valence-electron chi connectivity index (χ1n) is 8.67. The molecule has 1 aliphatic rings. The zero-order valence-electron chi connectivity index (χ0n) is 14.9. The number of fused-ring (bicyclic) bond motifs is 1. The van der Waals surface area contributed by atoms with E-state index in [1.165, 1.54) is 16.9 Å². The van der Waals surface area contributed by atoms with Crippen molar-refractivity contribution in [2.45, 2.75) is 64.4 Å². The predicted molar refractivity (Wildman–Crippen MR) is 102 cm³/mol. The minimum Gasteiger partial charge on any atom is -0.339 e. The van der Waals surface area contributed by atoms with Gasteiger partial charge in [0.25, 0.3) is 0 Å². The van der Waals surface area contributed by atoms with Crippen molar-refractivity contribution in [3.05, 3.63) is 16.3 Å². The van der Waals surface area contributed by atoms with Gasteiger partial charge in [0.1, 0.15) is 15.7 Å². The molecule has 0 aromatic carbocycles. The third kappa shape index (κ3) is 3.45. The van der Waals surface area contributed by atoms with Gasteiger partial charge in [-0.05, 0) is 52.0 Å². The molecule has 3 heterocycles. The second kappa shape index (κ2) is 7.40. The number of amides is 1. The van der Waals surface area contributed by atoms with Gasteiger partial charge in [0.05, 0.1) is 5.75 Å². The van der Waals surface area contributed by atoms with Gasteiger partial charge in [0.2, 0.25) is 5.91 Å². The Morgan fingerprint density at radius 2 is 2.08 bits per heavy atom. The molecule has 0 N–H and O–H groups in total. The zero-order valence-corrected chi connectivity index (χ0v) is 16.5. The van der Waals surface area contributed by atoms with Crippen LogP contribution >= 0.6 is 23.1 Å². The topological polar surface area (TPSA) is 46.1 Å². The van der Waals surface area contributed by atoms with Crippen molar-refractivity contribution in [3.63, 3.8) is 0 Å². The first kappa shape index (κ1) is 17.7. The second-order valence-electron chi connectivity index (χ2n) is 6.47.